The first kappa shape index (κ1) is 16.9. The molecular weight excluding hydrogens is 346 g/mol. The summed E-state index contributed by atoms with van der Waals surface area (Å²) in [5.74, 6) is 0.530. The molecule has 0 bridgehead atoms. The van der Waals surface area contributed by atoms with Crippen LogP contribution in [0.2, 0.25) is 0 Å². The van der Waals surface area contributed by atoms with Crippen LogP contribution in [0, 0.1) is 0 Å². The van der Waals surface area contributed by atoms with E-state index < -0.39 is 0 Å². The van der Waals surface area contributed by atoms with Crippen LogP contribution in [0.1, 0.15) is 40.9 Å². The van der Waals surface area contributed by atoms with Crippen molar-refractivity contribution in [3.63, 3.8) is 0 Å². The van der Waals surface area contributed by atoms with Gasteiger partial charge < -0.3 is 4.90 Å². The minimum Gasteiger partial charge on any atom is -0.336 e. The molecule has 2 aromatic heterocycles. The number of aryl methyl sites for hydroxylation is 1. The standard InChI is InChI=1S/C19H21N5OS/c25-19(17-9-2-1-8-16(17)18-20-22-23-21-18)24-12-4-3-6-14(24)10-11-15-7-5-13-26-15/h1-2,5,7-9,13-14H,3-4,6,10-12H2,(H,20,21,22,23)/t14-/m0/s1. The molecule has 4 rings (SSSR count). The number of tetrazole rings is 1. The van der Waals surface area contributed by atoms with Gasteiger partial charge in [-0.3, -0.25) is 4.79 Å². The smallest absolute Gasteiger partial charge is 0.254 e. The van der Waals surface area contributed by atoms with Gasteiger partial charge >= 0.3 is 0 Å². The van der Waals surface area contributed by atoms with Gasteiger partial charge in [0, 0.05) is 23.0 Å². The Morgan fingerprint density at radius 2 is 2.15 bits per heavy atom. The van der Waals surface area contributed by atoms with Crippen LogP contribution in [0.25, 0.3) is 11.4 Å². The third-order valence-electron chi connectivity index (χ3n) is 4.94. The van der Waals surface area contributed by atoms with Gasteiger partial charge in [-0.15, -0.1) is 21.5 Å². The Morgan fingerprint density at radius 1 is 1.23 bits per heavy atom. The zero-order valence-electron chi connectivity index (χ0n) is 14.5. The second-order valence-corrected chi connectivity index (χ2v) is 7.58. The van der Waals surface area contributed by atoms with E-state index in [-0.39, 0.29) is 11.9 Å². The summed E-state index contributed by atoms with van der Waals surface area (Å²) in [6.07, 6.45) is 5.35. The molecule has 3 aromatic rings. The van der Waals surface area contributed by atoms with Crippen molar-refractivity contribution in [3.05, 3.63) is 52.2 Å². The topological polar surface area (TPSA) is 74.8 Å². The lowest BCUT2D eigenvalue weighted by Gasteiger charge is -2.36. The average molecular weight is 367 g/mol. The number of benzene rings is 1. The van der Waals surface area contributed by atoms with Crippen molar-refractivity contribution in [2.24, 2.45) is 0 Å². The maximum absolute atomic E-state index is 13.3. The Balaban J connectivity index is 1.56. The van der Waals surface area contributed by atoms with E-state index in [9.17, 15) is 4.79 Å². The number of hydrogen-bond acceptors (Lipinski definition) is 5. The van der Waals surface area contributed by atoms with Gasteiger partial charge in [-0.2, -0.15) is 5.21 Å². The van der Waals surface area contributed by atoms with Crippen molar-refractivity contribution >= 4 is 17.2 Å². The first-order valence-electron chi connectivity index (χ1n) is 8.99. The average Bonchev–Trinajstić information content (AvgIpc) is 3.40. The molecule has 7 heteroatoms. The summed E-state index contributed by atoms with van der Waals surface area (Å²) in [6.45, 7) is 0.814. The van der Waals surface area contributed by atoms with Crippen LogP contribution < -0.4 is 0 Å². The highest BCUT2D eigenvalue weighted by atomic mass is 32.1. The van der Waals surface area contributed by atoms with Crippen LogP contribution in [0.5, 0.6) is 0 Å². The molecule has 1 N–H and O–H groups in total. The van der Waals surface area contributed by atoms with Crippen molar-refractivity contribution in [1.29, 1.82) is 0 Å². The lowest BCUT2D eigenvalue weighted by Crippen LogP contribution is -2.44. The summed E-state index contributed by atoms with van der Waals surface area (Å²) in [7, 11) is 0. The van der Waals surface area contributed by atoms with Crippen LogP contribution in [0.4, 0.5) is 0 Å². The van der Waals surface area contributed by atoms with Crippen LogP contribution in [-0.2, 0) is 6.42 Å². The Bertz CT molecular complexity index is 847. The minimum atomic E-state index is 0.0706. The zero-order chi connectivity index (χ0) is 17.8. The molecule has 1 atom stereocenters. The predicted molar refractivity (Wildman–Crippen MR) is 101 cm³/mol. The molecule has 0 radical (unpaired) electrons. The number of aromatic nitrogens is 4. The van der Waals surface area contributed by atoms with Gasteiger partial charge in [0.25, 0.3) is 5.91 Å². The summed E-state index contributed by atoms with van der Waals surface area (Å²) < 4.78 is 0. The molecule has 1 aliphatic heterocycles. The van der Waals surface area contributed by atoms with Crippen molar-refractivity contribution < 1.29 is 4.79 Å². The number of hydrogen-bond donors (Lipinski definition) is 1. The number of nitrogens with one attached hydrogen (secondary N) is 1. The Morgan fingerprint density at radius 3 is 2.96 bits per heavy atom. The highest BCUT2D eigenvalue weighted by molar-refractivity contribution is 7.09. The molecule has 6 nitrogen and oxygen atoms in total. The highest BCUT2D eigenvalue weighted by Gasteiger charge is 2.29. The number of rotatable bonds is 5. The van der Waals surface area contributed by atoms with Gasteiger partial charge in [-0.25, -0.2) is 0 Å². The third-order valence-corrected chi connectivity index (χ3v) is 5.87. The van der Waals surface area contributed by atoms with Gasteiger partial charge in [0.05, 0.1) is 5.56 Å². The summed E-state index contributed by atoms with van der Waals surface area (Å²) in [4.78, 5) is 16.8. The van der Waals surface area contributed by atoms with Gasteiger partial charge in [0.1, 0.15) is 0 Å². The molecule has 0 spiro atoms. The van der Waals surface area contributed by atoms with E-state index in [1.807, 2.05) is 24.3 Å². The SMILES string of the molecule is O=C(c1ccccc1-c1nn[nH]n1)N1CCCC[C@H]1CCc1cccs1. The summed E-state index contributed by atoms with van der Waals surface area (Å²) in [5, 5.41) is 16.3. The molecule has 26 heavy (non-hydrogen) atoms. The maximum Gasteiger partial charge on any atom is 0.254 e. The first-order chi connectivity index (χ1) is 12.8. The van der Waals surface area contributed by atoms with Crippen LogP contribution in [-0.4, -0.2) is 44.0 Å². The number of carbonyl (C=O) groups is 1. The molecule has 134 valence electrons. The number of thiophene rings is 1. The van der Waals surface area contributed by atoms with E-state index >= 15 is 0 Å². The first-order valence-corrected chi connectivity index (χ1v) is 9.87. The van der Waals surface area contributed by atoms with Crippen LogP contribution >= 0.6 is 11.3 Å². The Hall–Kier alpha value is -2.54. The number of carbonyl (C=O) groups excluding carboxylic acids is 1. The molecule has 1 saturated heterocycles. The van der Waals surface area contributed by atoms with E-state index in [1.54, 1.807) is 11.3 Å². The molecule has 1 aromatic carbocycles. The number of aromatic amines is 1. The lowest BCUT2D eigenvalue weighted by atomic mass is 9.95. The van der Waals surface area contributed by atoms with E-state index in [1.165, 1.54) is 11.3 Å². The summed E-state index contributed by atoms with van der Waals surface area (Å²) in [5.41, 5.74) is 1.38. The van der Waals surface area contributed by atoms with Gasteiger partial charge in [0.2, 0.25) is 5.82 Å². The molecule has 0 aliphatic carbocycles. The van der Waals surface area contributed by atoms with Crippen LogP contribution in [0.3, 0.4) is 0 Å². The maximum atomic E-state index is 13.3. The van der Waals surface area contributed by atoms with E-state index in [4.69, 9.17) is 0 Å². The fourth-order valence-electron chi connectivity index (χ4n) is 3.63. The van der Waals surface area contributed by atoms with E-state index in [0.717, 1.165) is 37.8 Å². The number of piperidine rings is 1. The molecule has 1 fully saturated rings. The molecule has 0 saturated carbocycles. The zero-order valence-corrected chi connectivity index (χ0v) is 15.3. The second-order valence-electron chi connectivity index (χ2n) is 6.55. The fourth-order valence-corrected chi connectivity index (χ4v) is 4.35. The molecular formula is C19H21N5OS. The summed E-state index contributed by atoms with van der Waals surface area (Å²) in [6, 6.07) is 12.1. The molecule has 3 heterocycles. The van der Waals surface area contributed by atoms with Crippen molar-refractivity contribution in [3.8, 4) is 11.4 Å². The number of H-pyrrole nitrogens is 1. The predicted octanol–water partition coefficient (Wildman–Crippen LogP) is 3.56. The quantitative estimate of drug-likeness (QED) is 0.748. The van der Waals surface area contributed by atoms with Crippen molar-refractivity contribution in [2.75, 3.05) is 6.54 Å². The third kappa shape index (κ3) is 3.53. The Kier molecular flexibility index (Phi) is 5.06. The van der Waals surface area contributed by atoms with E-state index in [0.29, 0.717) is 11.4 Å². The number of nitrogens with zero attached hydrogens (tertiary/aromatic N) is 4. The molecule has 1 aliphatic rings. The van der Waals surface area contributed by atoms with Gasteiger partial charge in [0.15, 0.2) is 0 Å². The molecule has 0 unspecified atom stereocenters. The number of amides is 1. The largest absolute Gasteiger partial charge is 0.336 e. The lowest BCUT2D eigenvalue weighted by molar-refractivity contribution is 0.0603. The normalized spacial score (nSPS) is 17.4. The van der Waals surface area contributed by atoms with Gasteiger partial charge in [-0.05, 0) is 54.8 Å². The van der Waals surface area contributed by atoms with Crippen molar-refractivity contribution in [2.45, 2.75) is 38.1 Å². The monoisotopic (exact) mass is 367 g/mol. The Labute approximate surface area is 156 Å². The summed E-state index contributed by atoms with van der Waals surface area (Å²) >= 11 is 1.79. The number of likely N-dealkylation sites (tertiary alicyclic amines) is 1. The van der Waals surface area contributed by atoms with Gasteiger partial charge in [-0.1, -0.05) is 24.3 Å². The van der Waals surface area contributed by atoms with Crippen molar-refractivity contribution in [1.82, 2.24) is 25.5 Å². The fraction of sp³-hybridized carbons (Fsp3) is 0.368. The van der Waals surface area contributed by atoms with Crippen LogP contribution in [0.15, 0.2) is 41.8 Å². The minimum absolute atomic E-state index is 0.0706. The highest BCUT2D eigenvalue weighted by Crippen LogP contribution is 2.27. The van der Waals surface area contributed by atoms with E-state index in [2.05, 4.69) is 43.0 Å². The second kappa shape index (κ2) is 7.78. The molecule has 1 amide bonds.